The molecule has 6 heteroatoms. The number of amides is 2. The number of pyridine rings is 1. The van der Waals surface area contributed by atoms with Crippen LogP contribution in [-0.2, 0) is 4.79 Å². The minimum Gasteiger partial charge on any atom is -0.389 e. The molecule has 1 aromatic rings. The van der Waals surface area contributed by atoms with E-state index >= 15 is 0 Å². The number of hydrogen-bond donors (Lipinski definition) is 1. The number of carbonyl (C=O) groups is 2. The molecule has 24 heavy (non-hydrogen) atoms. The molecule has 0 saturated carbocycles. The molecule has 3 heterocycles. The normalized spacial score (nSPS) is 26.9. The summed E-state index contributed by atoms with van der Waals surface area (Å²) in [7, 11) is 0. The molecule has 2 amide bonds. The van der Waals surface area contributed by atoms with Crippen LogP contribution in [0.3, 0.4) is 0 Å². The van der Waals surface area contributed by atoms with E-state index in [1.165, 1.54) is 0 Å². The van der Waals surface area contributed by atoms with Gasteiger partial charge in [0.15, 0.2) is 0 Å². The lowest BCUT2D eigenvalue weighted by Crippen LogP contribution is -2.61. The van der Waals surface area contributed by atoms with Crippen molar-refractivity contribution in [2.24, 2.45) is 5.92 Å². The van der Waals surface area contributed by atoms with E-state index in [0.717, 1.165) is 11.4 Å². The summed E-state index contributed by atoms with van der Waals surface area (Å²) in [6, 6.07) is 3.61. The fourth-order valence-electron chi connectivity index (χ4n) is 3.91. The summed E-state index contributed by atoms with van der Waals surface area (Å²) in [6.07, 6.45) is 1.16. The molecule has 0 bridgehead atoms. The van der Waals surface area contributed by atoms with Gasteiger partial charge in [-0.15, -0.1) is 0 Å². The van der Waals surface area contributed by atoms with E-state index in [4.69, 9.17) is 0 Å². The van der Waals surface area contributed by atoms with Crippen molar-refractivity contribution in [1.82, 2.24) is 14.8 Å². The molecule has 0 aromatic carbocycles. The van der Waals surface area contributed by atoms with Crippen molar-refractivity contribution in [2.75, 3.05) is 26.2 Å². The van der Waals surface area contributed by atoms with Crippen molar-refractivity contribution in [2.45, 2.75) is 39.2 Å². The Balaban J connectivity index is 1.77. The Hall–Kier alpha value is -1.95. The van der Waals surface area contributed by atoms with Crippen molar-refractivity contribution >= 4 is 11.8 Å². The monoisotopic (exact) mass is 331 g/mol. The Morgan fingerprint density at radius 1 is 1.12 bits per heavy atom. The maximum absolute atomic E-state index is 12.8. The summed E-state index contributed by atoms with van der Waals surface area (Å²) in [5.41, 5.74) is 1.54. The van der Waals surface area contributed by atoms with Gasteiger partial charge < -0.3 is 14.9 Å². The molecule has 2 aliphatic heterocycles. The highest BCUT2D eigenvalue weighted by molar-refractivity contribution is 5.94. The van der Waals surface area contributed by atoms with E-state index in [0.29, 0.717) is 44.6 Å². The van der Waals surface area contributed by atoms with Crippen molar-refractivity contribution in [1.29, 1.82) is 0 Å². The lowest BCUT2D eigenvalue weighted by molar-refractivity contribution is -0.143. The lowest BCUT2D eigenvalue weighted by atomic mass is 9.75. The Morgan fingerprint density at radius 3 is 2.25 bits per heavy atom. The largest absolute Gasteiger partial charge is 0.389 e. The number of aromatic nitrogens is 1. The summed E-state index contributed by atoms with van der Waals surface area (Å²) in [4.78, 5) is 32.4. The van der Waals surface area contributed by atoms with Gasteiger partial charge in [0, 0.05) is 56.0 Å². The van der Waals surface area contributed by atoms with Gasteiger partial charge in [0.1, 0.15) is 0 Å². The van der Waals surface area contributed by atoms with Gasteiger partial charge in [-0.25, -0.2) is 0 Å². The van der Waals surface area contributed by atoms with Crippen molar-refractivity contribution in [3.8, 4) is 0 Å². The predicted molar refractivity (Wildman–Crippen MR) is 89.5 cm³/mol. The summed E-state index contributed by atoms with van der Waals surface area (Å²) < 4.78 is 0. The van der Waals surface area contributed by atoms with Crippen LogP contribution in [0.25, 0.3) is 0 Å². The predicted octanol–water partition coefficient (Wildman–Crippen LogP) is 1.14. The minimum absolute atomic E-state index is 0.0226. The Kier molecular flexibility index (Phi) is 4.34. The third kappa shape index (κ3) is 3.15. The van der Waals surface area contributed by atoms with E-state index in [9.17, 15) is 14.7 Å². The van der Waals surface area contributed by atoms with Crippen molar-refractivity contribution in [3.63, 3.8) is 0 Å². The second-order valence-corrected chi connectivity index (χ2v) is 7.16. The fourth-order valence-corrected chi connectivity index (χ4v) is 3.91. The third-order valence-corrected chi connectivity index (χ3v) is 5.33. The van der Waals surface area contributed by atoms with Gasteiger partial charge in [0.2, 0.25) is 5.91 Å². The first-order chi connectivity index (χ1) is 11.3. The highest BCUT2D eigenvalue weighted by Crippen LogP contribution is 2.35. The summed E-state index contributed by atoms with van der Waals surface area (Å²) in [6.45, 7) is 7.46. The fraction of sp³-hybridized carbons (Fsp3) is 0.611. The average molecular weight is 331 g/mol. The second-order valence-electron chi connectivity index (χ2n) is 7.16. The SMILES string of the molecule is CC(=O)N1CC[C@@]2(O)CCN(C(=O)c3cc(C)nc(C)c3)C[C@H]2C1. The molecule has 130 valence electrons. The maximum atomic E-state index is 12.8. The van der Waals surface area contributed by atoms with Gasteiger partial charge >= 0.3 is 0 Å². The van der Waals surface area contributed by atoms with Crippen molar-refractivity contribution < 1.29 is 14.7 Å². The van der Waals surface area contributed by atoms with Gasteiger partial charge in [0.05, 0.1) is 5.60 Å². The van der Waals surface area contributed by atoms with Crippen LogP contribution in [0, 0.1) is 19.8 Å². The van der Waals surface area contributed by atoms with E-state index in [1.807, 2.05) is 13.8 Å². The zero-order valence-electron chi connectivity index (χ0n) is 14.6. The van der Waals surface area contributed by atoms with Gasteiger partial charge in [-0.2, -0.15) is 0 Å². The lowest BCUT2D eigenvalue weighted by Gasteiger charge is -2.50. The number of fused-ring (bicyclic) bond motifs is 1. The molecule has 2 fully saturated rings. The molecule has 0 aliphatic carbocycles. The van der Waals surface area contributed by atoms with E-state index in [-0.39, 0.29) is 17.7 Å². The third-order valence-electron chi connectivity index (χ3n) is 5.33. The number of nitrogens with zero attached hydrogens (tertiary/aromatic N) is 3. The summed E-state index contributed by atoms with van der Waals surface area (Å²) >= 11 is 0. The minimum atomic E-state index is -0.757. The molecular formula is C18H25N3O3. The summed E-state index contributed by atoms with van der Waals surface area (Å²) in [5, 5.41) is 10.9. The zero-order chi connectivity index (χ0) is 17.5. The number of hydrogen-bond acceptors (Lipinski definition) is 4. The van der Waals surface area contributed by atoms with Gasteiger partial charge in [-0.1, -0.05) is 0 Å². The number of piperidine rings is 2. The first-order valence-corrected chi connectivity index (χ1v) is 8.51. The summed E-state index contributed by atoms with van der Waals surface area (Å²) in [5.74, 6) is -0.0802. The number of carbonyl (C=O) groups excluding carboxylic acids is 2. The van der Waals surface area contributed by atoms with Crippen molar-refractivity contribution in [3.05, 3.63) is 29.1 Å². The quantitative estimate of drug-likeness (QED) is 0.838. The zero-order valence-corrected chi connectivity index (χ0v) is 14.6. The Morgan fingerprint density at radius 2 is 1.67 bits per heavy atom. The Bertz CT molecular complexity index is 655. The van der Waals surface area contributed by atoms with Crippen LogP contribution in [0.5, 0.6) is 0 Å². The molecule has 2 atom stereocenters. The van der Waals surface area contributed by atoms with Crippen LogP contribution in [-0.4, -0.2) is 63.5 Å². The van der Waals surface area contributed by atoms with Gasteiger partial charge in [0.25, 0.3) is 5.91 Å². The molecule has 3 rings (SSSR count). The van der Waals surface area contributed by atoms with Gasteiger partial charge in [-0.3, -0.25) is 14.6 Å². The van der Waals surface area contributed by atoms with Crippen LogP contribution in [0.2, 0.25) is 0 Å². The number of likely N-dealkylation sites (tertiary alicyclic amines) is 2. The van der Waals surface area contributed by atoms with E-state index in [2.05, 4.69) is 4.98 Å². The first kappa shape index (κ1) is 16.9. The molecule has 0 unspecified atom stereocenters. The molecule has 2 aliphatic rings. The standard InChI is InChI=1S/C18H25N3O3/c1-12-8-15(9-13(2)19-12)17(23)21-7-5-18(24)4-6-20(14(3)22)10-16(18)11-21/h8-9,16,24H,4-7,10-11H2,1-3H3/t16-,18-/m1/s1. The number of aryl methyl sites for hydroxylation is 2. The number of rotatable bonds is 1. The van der Waals surface area contributed by atoms with E-state index in [1.54, 1.807) is 28.9 Å². The highest BCUT2D eigenvalue weighted by atomic mass is 16.3. The van der Waals surface area contributed by atoms with Crippen LogP contribution in [0.15, 0.2) is 12.1 Å². The molecule has 2 saturated heterocycles. The van der Waals surface area contributed by atoms with Crippen LogP contribution < -0.4 is 0 Å². The molecule has 1 N–H and O–H groups in total. The maximum Gasteiger partial charge on any atom is 0.253 e. The Labute approximate surface area is 142 Å². The topological polar surface area (TPSA) is 73.7 Å². The molecule has 6 nitrogen and oxygen atoms in total. The molecule has 1 aromatic heterocycles. The molecule has 0 radical (unpaired) electrons. The molecular weight excluding hydrogens is 306 g/mol. The first-order valence-electron chi connectivity index (χ1n) is 8.51. The van der Waals surface area contributed by atoms with Gasteiger partial charge in [-0.05, 0) is 38.8 Å². The second kappa shape index (κ2) is 6.16. The molecule has 0 spiro atoms. The number of aliphatic hydroxyl groups is 1. The van der Waals surface area contributed by atoms with Crippen LogP contribution in [0.1, 0.15) is 41.5 Å². The smallest absolute Gasteiger partial charge is 0.253 e. The van der Waals surface area contributed by atoms with E-state index < -0.39 is 5.60 Å². The average Bonchev–Trinajstić information content (AvgIpc) is 2.51. The van der Waals surface area contributed by atoms with Crippen LogP contribution in [0.4, 0.5) is 0 Å². The highest BCUT2D eigenvalue weighted by Gasteiger charge is 2.46. The van der Waals surface area contributed by atoms with Crippen LogP contribution >= 0.6 is 0 Å².